The zero-order chi connectivity index (χ0) is 10.6. The first-order valence-electron chi connectivity index (χ1n) is 4.31. The molecule has 0 atom stereocenters. The minimum absolute atomic E-state index is 0.395. The first-order chi connectivity index (χ1) is 6.55. The summed E-state index contributed by atoms with van der Waals surface area (Å²) >= 11 is 0. The Hall–Kier alpha value is -1.75. The van der Waals surface area contributed by atoms with Gasteiger partial charge in [0, 0.05) is 0 Å². The Balaban J connectivity index is 2.75. The molecule has 0 saturated carbocycles. The molecule has 0 fully saturated rings. The summed E-state index contributed by atoms with van der Waals surface area (Å²) in [5.74, 6) is 2.00. The van der Waals surface area contributed by atoms with Crippen LogP contribution in [0.5, 0.6) is 0 Å². The maximum Gasteiger partial charge on any atom is 0.339 e. The van der Waals surface area contributed by atoms with E-state index in [-0.39, 0.29) is 0 Å². The number of rotatable bonds is 2. The molecule has 72 valence electrons. The van der Waals surface area contributed by atoms with E-state index < -0.39 is 11.6 Å². The van der Waals surface area contributed by atoms with Crippen molar-refractivity contribution in [3.8, 4) is 12.3 Å². The highest BCUT2D eigenvalue weighted by atomic mass is 16.6. The predicted molar refractivity (Wildman–Crippen MR) is 54.8 cm³/mol. The van der Waals surface area contributed by atoms with Crippen molar-refractivity contribution in [2.45, 2.75) is 19.4 Å². The summed E-state index contributed by atoms with van der Waals surface area (Å²) in [7, 11) is 0. The highest BCUT2D eigenvalue weighted by molar-refractivity contribution is 5.89. The summed E-state index contributed by atoms with van der Waals surface area (Å²) in [5.41, 5.74) is -0.344. The molecule has 0 spiro atoms. The van der Waals surface area contributed by atoms with Crippen LogP contribution in [-0.2, 0) is 4.74 Å². The Morgan fingerprint density at radius 3 is 2.43 bits per heavy atom. The van der Waals surface area contributed by atoms with Crippen LogP contribution < -0.4 is 0 Å². The van der Waals surface area contributed by atoms with Gasteiger partial charge < -0.3 is 4.74 Å². The first-order valence-corrected chi connectivity index (χ1v) is 4.31. The van der Waals surface area contributed by atoms with E-state index in [9.17, 15) is 4.79 Å². The van der Waals surface area contributed by atoms with E-state index in [1.165, 1.54) is 0 Å². The highest BCUT2D eigenvalue weighted by Crippen LogP contribution is 2.11. The smallest absolute Gasteiger partial charge is 0.339 e. The summed E-state index contributed by atoms with van der Waals surface area (Å²) in [6.45, 7) is 3.35. The second-order valence-electron chi connectivity index (χ2n) is 3.41. The van der Waals surface area contributed by atoms with Gasteiger partial charge in [0.2, 0.25) is 0 Å². The van der Waals surface area contributed by atoms with Crippen molar-refractivity contribution < 1.29 is 9.53 Å². The second-order valence-corrected chi connectivity index (χ2v) is 3.41. The summed E-state index contributed by atoms with van der Waals surface area (Å²) in [4.78, 5) is 11.5. The van der Waals surface area contributed by atoms with Crippen molar-refractivity contribution in [1.29, 1.82) is 0 Å². The Bertz CT molecular complexity index is 358. The lowest BCUT2D eigenvalue weighted by Crippen LogP contribution is -2.25. The fraction of sp³-hybridized carbons (Fsp3) is 0.250. The fourth-order valence-corrected chi connectivity index (χ4v) is 0.894. The lowest BCUT2D eigenvalue weighted by Gasteiger charge is -2.18. The van der Waals surface area contributed by atoms with E-state index in [1.54, 1.807) is 38.1 Å². The van der Waals surface area contributed by atoms with Crippen molar-refractivity contribution in [2.75, 3.05) is 0 Å². The number of benzene rings is 1. The van der Waals surface area contributed by atoms with Gasteiger partial charge in [-0.15, -0.1) is 6.42 Å². The van der Waals surface area contributed by atoms with Gasteiger partial charge in [-0.3, -0.25) is 0 Å². The van der Waals surface area contributed by atoms with E-state index in [0.29, 0.717) is 5.56 Å². The molecular weight excluding hydrogens is 176 g/mol. The van der Waals surface area contributed by atoms with Gasteiger partial charge in [-0.25, -0.2) is 4.79 Å². The third-order valence-electron chi connectivity index (χ3n) is 1.70. The zero-order valence-corrected chi connectivity index (χ0v) is 8.28. The molecule has 0 heterocycles. The first kappa shape index (κ1) is 10.3. The lowest BCUT2D eigenvalue weighted by atomic mass is 10.1. The van der Waals surface area contributed by atoms with Gasteiger partial charge in [-0.2, -0.15) is 0 Å². The van der Waals surface area contributed by atoms with Crippen LogP contribution in [0.3, 0.4) is 0 Å². The molecule has 0 aliphatic rings. The molecule has 0 bridgehead atoms. The van der Waals surface area contributed by atoms with Crippen LogP contribution in [0.15, 0.2) is 30.3 Å². The molecule has 2 heteroatoms. The van der Waals surface area contributed by atoms with Crippen molar-refractivity contribution in [1.82, 2.24) is 0 Å². The molecular formula is C12H12O2. The SMILES string of the molecule is C#CC(C)(C)OC(=O)c1ccccc1. The molecule has 1 aromatic rings. The maximum absolute atomic E-state index is 11.5. The van der Waals surface area contributed by atoms with Crippen LogP contribution in [-0.4, -0.2) is 11.6 Å². The highest BCUT2D eigenvalue weighted by Gasteiger charge is 2.20. The van der Waals surface area contributed by atoms with Crippen molar-refractivity contribution >= 4 is 5.97 Å². The van der Waals surface area contributed by atoms with Crippen LogP contribution >= 0.6 is 0 Å². The van der Waals surface area contributed by atoms with Gasteiger partial charge in [-0.05, 0) is 26.0 Å². The maximum atomic E-state index is 11.5. The molecule has 0 saturated heterocycles. The Kier molecular flexibility index (Phi) is 2.93. The normalized spacial score (nSPS) is 10.4. The van der Waals surface area contributed by atoms with E-state index in [0.717, 1.165) is 0 Å². The molecule has 0 aliphatic carbocycles. The fourth-order valence-electron chi connectivity index (χ4n) is 0.894. The second kappa shape index (κ2) is 3.97. The average Bonchev–Trinajstić information content (AvgIpc) is 2.19. The van der Waals surface area contributed by atoms with Crippen LogP contribution in [0.1, 0.15) is 24.2 Å². The van der Waals surface area contributed by atoms with Gasteiger partial charge in [-0.1, -0.05) is 24.1 Å². The van der Waals surface area contributed by atoms with Gasteiger partial charge in [0.05, 0.1) is 5.56 Å². The minimum atomic E-state index is -0.854. The molecule has 1 rings (SSSR count). The summed E-state index contributed by atoms with van der Waals surface area (Å²) in [5, 5.41) is 0. The van der Waals surface area contributed by atoms with Gasteiger partial charge in [0.25, 0.3) is 0 Å². The number of hydrogen-bond donors (Lipinski definition) is 0. The molecule has 0 radical (unpaired) electrons. The minimum Gasteiger partial charge on any atom is -0.443 e. The molecule has 0 unspecified atom stereocenters. The lowest BCUT2D eigenvalue weighted by molar-refractivity contribution is 0.0205. The van der Waals surface area contributed by atoms with Crippen molar-refractivity contribution in [3.63, 3.8) is 0 Å². The number of terminal acetylenes is 1. The van der Waals surface area contributed by atoms with Gasteiger partial charge >= 0.3 is 5.97 Å². The van der Waals surface area contributed by atoms with Crippen LogP contribution in [0.4, 0.5) is 0 Å². The third-order valence-corrected chi connectivity index (χ3v) is 1.70. The van der Waals surface area contributed by atoms with Gasteiger partial charge in [0.15, 0.2) is 5.60 Å². The molecule has 0 N–H and O–H groups in total. The van der Waals surface area contributed by atoms with E-state index in [2.05, 4.69) is 5.92 Å². The summed E-state index contributed by atoms with van der Waals surface area (Å²) in [6, 6.07) is 8.77. The van der Waals surface area contributed by atoms with Gasteiger partial charge in [0.1, 0.15) is 0 Å². The summed E-state index contributed by atoms with van der Waals surface area (Å²) in [6.07, 6.45) is 5.21. The molecule has 2 nitrogen and oxygen atoms in total. The number of hydrogen-bond acceptors (Lipinski definition) is 2. The molecule has 0 aromatic heterocycles. The topological polar surface area (TPSA) is 26.3 Å². The standard InChI is InChI=1S/C12H12O2/c1-4-12(2,3)14-11(13)10-8-6-5-7-9-10/h1,5-9H,2-3H3. The zero-order valence-electron chi connectivity index (χ0n) is 8.28. The molecule has 1 aromatic carbocycles. The molecule has 0 aliphatic heterocycles. The monoisotopic (exact) mass is 188 g/mol. The Morgan fingerprint density at radius 1 is 1.36 bits per heavy atom. The quantitative estimate of drug-likeness (QED) is 0.525. The van der Waals surface area contributed by atoms with Crippen LogP contribution in [0.25, 0.3) is 0 Å². The average molecular weight is 188 g/mol. The van der Waals surface area contributed by atoms with E-state index in [4.69, 9.17) is 11.2 Å². The Labute approximate surface area is 83.9 Å². The number of esters is 1. The molecule has 0 amide bonds. The number of carbonyl (C=O) groups is 1. The third kappa shape index (κ3) is 2.63. The van der Waals surface area contributed by atoms with E-state index in [1.807, 2.05) is 6.07 Å². The van der Waals surface area contributed by atoms with E-state index >= 15 is 0 Å². The van der Waals surface area contributed by atoms with Crippen LogP contribution in [0, 0.1) is 12.3 Å². The predicted octanol–water partition coefficient (Wildman–Crippen LogP) is 2.26. The summed E-state index contributed by atoms with van der Waals surface area (Å²) < 4.78 is 5.10. The van der Waals surface area contributed by atoms with Crippen LogP contribution in [0.2, 0.25) is 0 Å². The van der Waals surface area contributed by atoms with Crippen molar-refractivity contribution in [3.05, 3.63) is 35.9 Å². The largest absolute Gasteiger partial charge is 0.443 e. The number of carbonyl (C=O) groups excluding carboxylic acids is 1. The molecule has 14 heavy (non-hydrogen) atoms. The Morgan fingerprint density at radius 2 is 1.93 bits per heavy atom. The van der Waals surface area contributed by atoms with Crippen molar-refractivity contribution in [2.24, 2.45) is 0 Å². The number of ether oxygens (including phenoxy) is 1.